The Bertz CT molecular complexity index is 609. The molecule has 19 heavy (non-hydrogen) atoms. The molecule has 1 amide bonds. The topological polar surface area (TPSA) is 92.0 Å². The molecular formula is C12H14N2O5. The van der Waals surface area contributed by atoms with Gasteiger partial charge in [-0.3, -0.25) is 9.59 Å². The number of carbonyl (C=O) groups excluding carboxylic acids is 1. The Morgan fingerprint density at radius 3 is 2.79 bits per heavy atom. The lowest BCUT2D eigenvalue weighted by Crippen LogP contribution is -2.55. The minimum atomic E-state index is -0.927. The summed E-state index contributed by atoms with van der Waals surface area (Å²) in [6.07, 6.45) is 0.742. The normalized spacial score (nSPS) is 25.9. The van der Waals surface area contributed by atoms with Crippen LogP contribution < -0.4 is 5.43 Å². The van der Waals surface area contributed by atoms with E-state index in [1.54, 1.807) is 0 Å². The van der Waals surface area contributed by atoms with Crippen LogP contribution >= 0.6 is 0 Å². The number of amides is 1. The molecule has 0 aliphatic carbocycles. The Balaban J connectivity index is 2.12. The van der Waals surface area contributed by atoms with E-state index in [-0.39, 0.29) is 18.2 Å². The summed E-state index contributed by atoms with van der Waals surface area (Å²) in [6.45, 7) is 3.33. The number of pyridine rings is 1. The van der Waals surface area contributed by atoms with Crippen molar-refractivity contribution in [2.75, 3.05) is 13.2 Å². The van der Waals surface area contributed by atoms with Crippen LogP contribution in [-0.2, 0) is 11.3 Å². The fraction of sp³-hybridized carbons (Fsp3) is 0.500. The molecule has 0 unspecified atom stereocenters. The maximum absolute atomic E-state index is 12.3. The molecule has 7 nitrogen and oxygen atoms in total. The molecule has 2 aliphatic heterocycles. The van der Waals surface area contributed by atoms with Gasteiger partial charge in [0.15, 0.2) is 23.4 Å². The highest BCUT2D eigenvalue weighted by Crippen LogP contribution is 2.28. The number of aromatic hydroxyl groups is 2. The van der Waals surface area contributed by atoms with E-state index in [0.717, 1.165) is 6.20 Å². The SMILES string of the molecule is C[C@@H]1CO[C@H]2Cn3cc(O)c(=O)c(O)c3C(=O)N2C1. The lowest BCUT2D eigenvalue weighted by atomic mass is 10.1. The van der Waals surface area contributed by atoms with Gasteiger partial charge in [-0.1, -0.05) is 6.92 Å². The largest absolute Gasteiger partial charge is 0.503 e. The number of nitrogens with zero attached hydrogens (tertiary/aromatic N) is 2. The molecule has 2 aliphatic rings. The molecule has 1 aromatic rings. The van der Waals surface area contributed by atoms with Crippen LogP contribution in [0.4, 0.5) is 0 Å². The summed E-state index contributed by atoms with van der Waals surface area (Å²) in [4.78, 5) is 25.3. The first kappa shape index (κ1) is 12.0. The van der Waals surface area contributed by atoms with E-state index in [9.17, 15) is 19.8 Å². The van der Waals surface area contributed by atoms with Crippen molar-refractivity contribution < 1.29 is 19.7 Å². The molecule has 2 N–H and O–H groups in total. The van der Waals surface area contributed by atoms with E-state index in [4.69, 9.17) is 4.74 Å². The molecule has 3 heterocycles. The van der Waals surface area contributed by atoms with Gasteiger partial charge in [-0.05, 0) is 5.92 Å². The Labute approximate surface area is 108 Å². The third-order valence-electron chi connectivity index (χ3n) is 3.48. The highest BCUT2D eigenvalue weighted by atomic mass is 16.5. The Morgan fingerprint density at radius 1 is 1.32 bits per heavy atom. The zero-order valence-corrected chi connectivity index (χ0v) is 10.4. The third kappa shape index (κ3) is 1.69. The van der Waals surface area contributed by atoms with Gasteiger partial charge in [0.25, 0.3) is 11.3 Å². The summed E-state index contributed by atoms with van der Waals surface area (Å²) >= 11 is 0. The van der Waals surface area contributed by atoms with Crippen LogP contribution in [0.25, 0.3) is 0 Å². The molecule has 0 saturated carbocycles. The monoisotopic (exact) mass is 266 g/mol. The molecule has 1 saturated heterocycles. The smallest absolute Gasteiger partial charge is 0.276 e. The van der Waals surface area contributed by atoms with Gasteiger partial charge in [0.05, 0.1) is 19.3 Å². The molecule has 0 aromatic carbocycles. The van der Waals surface area contributed by atoms with Crippen molar-refractivity contribution >= 4 is 5.91 Å². The summed E-state index contributed by atoms with van der Waals surface area (Å²) < 4.78 is 6.94. The van der Waals surface area contributed by atoms with Gasteiger partial charge in [0.1, 0.15) is 0 Å². The summed E-state index contributed by atoms with van der Waals surface area (Å²) in [6, 6.07) is 0. The minimum Gasteiger partial charge on any atom is -0.503 e. The average Bonchev–Trinajstić information content (AvgIpc) is 2.37. The van der Waals surface area contributed by atoms with Crippen LogP contribution in [0.1, 0.15) is 17.4 Å². The average molecular weight is 266 g/mol. The molecule has 1 aromatic heterocycles. The van der Waals surface area contributed by atoms with E-state index in [0.29, 0.717) is 13.2 Å². The predicted molar refractivity (Wildman–Crippen MR) is 64.0 cm³/mol. The maximum atomic E-state index is 12.3. The van der Waals surface area contributed by atoms with Crippen LogP contribution in [0.3, 0.4) is 0 Å². The summed E-state index contributed by atoms with van der Waals surface area (Å²) in [5.41, 5.74) is -1.01. The second-order valence-corrected chi connectivity index (χ2v) is 5.04. The number of hydrogen-bond acceptors (Lipinski definition) is 5. The van der Waals surface area contributed by atoms with Crippen LogP contribution in [0, 0.1) is 5.92 Å². The molecule has 0 spiro atoms. The fourth-order valence-corrected chi connectivity index (χ4v) is 2.54. The molecule has 1 fully saturated rings. The van der Waals surface area contributed by atoms with E-state index >= 15 is 0 Å². The van der Waals surface area contributed by atoms with E-state index in [1.807, 2.05) is 6.92 Å². The number of ether oxygens (including phenoxy) is 1. The molecule has 0 radical (unpaired) electrons. The van der Waals surface area contributed by atoms with Crippen LogP contribution in [0.5, 0.6) is 11.5 Å². The fourth-order valence-electron chi connectivity index (χ4n) is 2.54. The predicted octanol–water partition coefficient (Wildman–Crippen LogP) is -0.292. The molecule has 3 rings (SSSR count). The second kappa shape index (κ2) is 3.99. The van der Waals surface area contributed by atoms with Crippen molar-refractivity contribution in [3.8, 4) is 11.5 Å². The number of hydrogen-bond donors (Lipinski definition) is 2. The first-order valence-electron chi connectivity index (χ1n) is 6.07. The highest BCUT2D eigenvalue weighted by molar-refractivity contribution is 5.96. The van der Waals surface area contributed by atoms with Gasteiger partial charge in [0, 0.05) is 6.54 Å². The quantitative estimate of drug-likeness (QED) is 0.673. The number of fused-ring (bicyclic) bond motifs is 2. The standard InChI is InChI=1S/C12H14N2O5/c1-6-2-14-8(19-5-6)4-13-3-7(15)10(16)11(17)9(13)12(14)18/h3,6,8,15,17H,2,4-5H2,1H3/t6-,8-/m0/s1. The second-order valence-electron chi connectivity index (χ2n) is 5.04. The van der Waals surface area contributed by atoms with Crippen molar-refractivity contribution in [3.63, 3.8) is 0 Å². The molecule has 102 valence electrons. The van der Waals surface area contributed by atoms with Gasteiger partial charge in [-0.2, -0.15) is 0 Å². The van der Waals surface area contributed by atoms with Gasteiger partial charge >= 0.3 is 0 Å². The zero-order chi connectivity index (χ0) is 13.7. The summed E-state index contributed by atoms with van der Waals surface area (Å²) in [5.74, 6) is -1.52. The minimum absolute atomic E-state index is 0.0863. The number of carbonyl (C=O) groups is 1. The van der Waals surface area contributed by atoms with Crippen molar-refractivity contribution in [2.24, 2.45) is 5.92 Å². The molecule has 7 heteroatoms. The third-order valence-corrected chi connectivity index (χ3v) is 3.48. The zero-order valence-electron chi connectivity index (χ0n) is 10.4. The lowest BCUT2D eigenvalue weighted by Gasteiger charge is -2.42. The molecule has 2 atom stereocenters. The van der Waals surface area contributed by atoms with Gasteiger partial charge < -0.3 is 24.4 Å². The lowest BCUT2D eigenvalue weighted by molar-refractivity contribution is -0.111. The van der Waals surface area contributed by atoms with Crippen LogP contribution in [0.15, 0.2) is 11.0 Å². The van der Waals surface area contributed by atoms with Crippen molar-refractivity contribution in [3.05, 3.63) is 22.1 Å². The van der Waals surface area contributed by atoms with Gasteiger partial charge in [0.2, 0.25) is 0 Å². The van der Waals surface area contributed by atoms with E-state index < -0.39 is 29.1 Å². The van der Waals surface area contributed by atoms with Crippen molar-refractivity contribution in [2.45, 2.75) is 19.7 Å². The number of rotatable bonds is 0. The van der Waals surface area contributed by atoms with E-state index in [1.165, 1.54) is 9.47 Å². The summed E-state index contributed by atoms with van der Waals surface area (Å²) in [7, 11) is 0. The Hall–Kier alpha value is -2.02. The highest BCUT2D eigenvalue weighted by Gasteiger charge is 2.39. The van der Waals surface area contributed by atoms with Crippen molar-refractivity contribution in [1.29, 1.82) is 0 Å². The molecule has 0 bridgehead atoms. The first-order chi connectivity index (χ1) is 8.99. The van der Waals surface area contributed by atoms with E-state index in [2.05, 4.69) is 0 Å². The van der Waals surface area contributed by atoms with Gasteiger partial charge in [-0.25, -0.2) is 0 Å². The van der Waals surface area contributed by atoms with Crippen molar-refractivity contribution in [1.82, 2.24) is 9.47 Å². The first-order valence-corrected chi connectivity index (χ1v) is 6.07. The van der Waals surface area contributed by atoms with Crippen LogP contribution in [-0.4, -0.2) is 45.0 Å². The Morgan fingerprint density at radius 2 is 2.05 bits per heavy atom. The molecular weight excluding hydrogens is 252 g/mol. The van der Waals surface area contributed by atoms with Gasteiger partial charge in [-0.15, -0.1) is 0 Å². The summed E-state index contributed by atoms with van der Waals surface area (Å²) in [5, 5.41) is 19.2. The number of aromatic nitrogens is 1. The maximum Gasteiger partial charge on any atom is 0.276 e. The van der Waals surface area contributed by atoms with Crippen LogP contribution in [0.2, 0.25) is 0 Å². The Kier molecular flexibility index (Phi) is 2.53.